The molecule has 172 valence electrons. The topological polar surface area (TPSA) is 80.4 Å². The summed E-state index contributed by atoms with van der Waals surface area (Å²) in [5.74, 6) is 0.871. The van der Waals surface area contributed by atoms with E-state index in [1.165, 1.54) is 0 Å². The summed E-state index contributed by atoms with van der Waals surface area (Å²) in [5.41, 5.74) is 3.89. The van der Waals surface area contributed by atoms with Crippen molar-refractivity contribution in [3.63, 3.8) is 0 Å². The second-order valence-corrected chi connectivity index (χ2v) is 9.54. The molecule has 4 aromatic rings. The molecule has 0 amide bonds. The molecule has 1 atom stereocenters. The van der Waals surface area contributed by atoms with E-state index < -0.39 is 10.0 Å². The summed E-state index contributed by atoms with van der Waals surface area (Å²) < 4.78 is 40.2. The van der Waals surface area contributed by atoms with Crippen LogP contribution in [0.15, 0.2) is 77.8 Å². The Hall–Kier alpha value is -3.29. The molecule has 6 nitrogen and oxygen atoms in total. The van der Waals surface area contributed by atoms with Crippen molar-refractivity contribution in [2.45, 2.75) is 24.2 Å². The molecule has 0 radical (unpaired) electrons. The molecule has 2 N–H and O–H groups in total. The third-order valence-electron chi connectivity index (χ3n) is 5.92. The van der Waals surface area contributed by atoms with Crippen molar-refractivity contribution < 1.29 is 17.9 Å². The number of H-pyrrole nitrogens is 1. The molecule has 0 aliphatic heterocycles. The SMILES string of the molecule is CCc1ccc(S(=O)(=O)NCC(c2cccc(OC)c2OC)c2c[nH]c3ccccc23)cc1. The molecule has 3 aromatic carbocycles. The Morgan fingerprint density at radius 1 is 0.909 bits per heavy atom. The molecule has 0 spiro atoms. The number of methoxy groups -OCH3 is 2. The van der Waals surface area contributed by atoms with Crippen LogP contribution in [0, 0.1) is 0 Å². The highest BCUT2D eigenvalue weighted by Crippen LogP contribution is 2.40. The number of fused-ring (bicyclic) bond motifs is 1. The molecule has 0 aliphatic rings. The molecular weight excluding hydrogens is 436 g/mol. The lowest BCUT2D eigenvalue weighted by Gasteiger charge is -2.22. The number of hydrogen-bond acceptors (Lipinski definition) is 4. The fourth-order valence-corrected chi connectivity index (χ4v) is 5.18. The van der Waals surface area contributed by atoms with Gasteiger partial charge in [-0.05, 0) is 41.8 Å². The minimum absolute atomic E-state index is 0.156. The van der Waals surface area contributed by atoms with Crippen molar-refractivity contribution in [2.24, 2.45) is 0 Å². The molecule has 0 bridgehead atoms. The van der Waals surface area contributed by atoms with E-state index in [4.69, 9.17) is 9.47 Å². The predicted molar refractivity (Wildman–Crippen MR) is 131 cm³/mol. The minimum atomic E-state index is -3.70. The number of benzene rings is 3. The average molecular weight is 465 g/mol. The monoisotopic (exact) mass is 464 g/mol. The summed E-state index contributed by atoms with van der Waals surface area (Å²) in [4.78, 5) is 3.54. The number of aryl methyl sites for hydroxylation is 1. The third kappa shape index (κ3) is 4.60. The zero-order valence-corrected chi connectivity index (χ0v) is 19.8. The van der Waals surface area contributed by atoms with Crippen LogP contribution in [0.5, 0.6) is 11.5 Å². The summed E-state index contributed by atoms with van der Waals surface area (Å²) in [5, 5.41) is 1.03. The van der Waals surface area contributed by atoms with E-state index in [0.29, 0.717) is 11.5 Å². The van der Waals surface area contributed by atoms with Gasteiger partial charge < -0.3 is 14.5 Å². The van der Waals surface area contributed by atoms with Crippen LogP contribution in [0.2, 0.25) is 0 Å². The minimum Gasteiger partial charge on any atom is -0.493 e. The maximum Gasteiger partial charge on any atom is 0.240 e. The number of rotatable bonds is 9. The van der Waals surface area contributed by atoms with E-state index in [-0.39, 0.29) is 17.4 Å². The van der Waals surface area contributed by atoms with Crippen molar-refractivity contribution in [3.8, 4) is 11.5 Å². The first-order valence-electron chi connectivity index (χ1n) is 10.8. The Labute approximate surface area is 194 Å². The van der Waals surface area contributed by atoms with Gasteiger partial charge in [0.05, 0.1) is 19.1 Å². The lowest BCUT2D eigenvalue weighted by molar-refractivity contribution is 0.350. The fourth-order valence-electron chi connectivity index (χ4n) is 4.14. The molecule has 0 saturated heterocycles. The normalized spacial score (nSPS) is 12.6. The molecule has 33 heavy (non-hydrogen) atoms. The van der Waals surface area contributed by atoms with Crippen LogP contribution in [0.4, 0.5) is 0 Å². The zero-order chi connectivity index (χ0) is 23.4. The Bertz CT molecular complexity index is 1340. The summed E-state index contributed by atoms with van der Waals surface area (Å²) in [6, 6.07) is 20.6. The summed E-state index contributed by atoms with van der Waals surface area (Å²) in [7, 11) is -0.522. The van der Waals surface area contributed by atoms with Gasteiger partial charge in [-0.25, -0.2) is 13.1 Å². The number of aromatic amines is 1. The first kappa shape index (κ1) is 22.9. The molecule has 1 aromatic heterocycles. The van der Waals surface area contributed by atoms with Crippen molar-refractivity contribution in [1.82, 2.24) is 9.71 Å². The molecule has 4 rings (SSSR count). The largest absolute Gasteiger partial charge is 0.493 e. The molecule has 0 saturated carbocycles. The number of aromatic nitrogens is 1. The van der Waals surface area contributed by atoms with Gasteiger partial charge >= 0.3 is 0 Å². The van der Waals surface area contributed by atoms with Gasteiger partial charge in [0, 0.05) is 35.1 Å². The van der Waals surface area contributed by atoms with Gasteiger partial charge in [0.2, 0.25) is 10.0 Å². The molecule has 7 heteroatoms. The van der Waals surface area contributed by atoms with Crippen molar-refractivity contribution in [1.29, 1.82) is 0 Å². The van der Waals surface area contributed by atoms with Gasteiger partial charge in [-0.2, -0.15) is 0 Å². The van der Waals surface area contributed by atoms with Gasteiger partial charge in [-0.1, -0.05) is 49.4 Å². The van der Waals surface area contributed by atoms with Crippen LogP contribution < -0.4 is 14.2 Å². The van der Waals surface area contributed by atoms with Crippen LogP contribution in [0.25, 0.3) is 10.9 Å². The standard InChI is InChI=1S/C26H28N2O4S/c1-4-18-12-14-19(15-13-18)33(29,30)28-17-23(21-9-7-11-25(31-2)26(21)32-3)22-16-27-24-10-6-5-8-20(22)24/h5-16,23,27-28H,4,17H2,1-3H3. The Balaban J connectivity index is 1.75. The van der Waals surface area contributed by atoms with Crippen LogP contribution in [0.3, 0.4) is 0 Å². The summed E-state index contributed by atoms with van der Waals surface area (Å²) in [6.45, 7) is 2.19. The Morgan fingerprint density at radius 3 is 2.36 bits per heavy atom. The average Bonchev–Trinajstić information content (AvgIpc) is 3.28. The first-order valence-corrected chi connectivity index (χ1v) is 12.3. The van der Waals surface area contributed by atoms with E-state index in [9.17, 15) is 8.42 Å². The maximum absolute atomic E-state index is 13.1. The maximum atomic E-state index is 13.1. The zero-order valence-electron chi connectivity index (χ0n) is 19.0. The highest BCUT2D eigenvalue weighted by atomic mass is 32.2. The lowest BCUT2D eigenvalue weighted by Crippen LogP contribution is -2.29. The number of ether oxygens (including phenoxy) is 2. The van der Waals surface area contributed by atoms with Gasteiger partial charge in [0.1, 0.15) is 0 Å². The second kappa shape index (κ2) is 9.68. The predicted octanol–water partition coefficient (Wildman–Crippen LogP) is 4.86. The molecule has 0 aliphatic carbocycles. The van der Waals surface area contributed by atoms with Crippen LogP contribution >= 0.6 is 0 Å². The second-order valence-electron chi connectivity index (χ2n) is 7.77. The van der Waals surface area contributed by atoms with E-state index >= 15 is 0 Å². The quantitative estimate of drug-likeness (QED) is 0.371. The van der Waals surface area contributed by atoms with Crippen LogP contribution in [-0.2, 0) is 16.4 Å². The van der Waals surface area contributed by atoms with E-state index in [1.54, 1.807) is 26.4 Å². The van der Waals surface area contributed by atoms with Gasteiger partial charge in [0.15, 0.2) is 11.5 Å². The highest BCUT2D eigenvalue weighted by molar-refractivity contribution is 7.89. The third-order valence-corrected chi connectivity index (χ3v) is 7.36. The van der Waals surface area contributed by atoms with Crippen LogP contribution in [0.1, 0.15) is 29.5 Å². The Kier molecular flexibility index (Phi) is 6.72. The van der Waals surface area contributed by atoms with Crippen molar-refractivity contribution >= 4 is 20.9 Å². The van der Waals surface area contributed by atoms with Crippen molar-refractivity contribution in [3.05, 3.63) is 89.6 Å². The molecular formula is C26H28N2O4S. The van der Waals surface area contributed by atoms with E-state index in [1.807, 2.05) is 67.7 Å². The van der Waals surface area contributed by atoms with Crippen LogP contribution in [-0.4, -0.2) is 34.2 Å². The smallest absolute Gasteiger partial charge is 0.240 e. The lowest BCUT2D eigenvalue weighted by atomic mass is 9.90. The highest BCUT2D eigenvalue weighted by Gasteiger charge is 2.26. The number of hydrogen-bond donors (Lipinski definition) is 2. The van der Waals surface area contributed by atoms with Gasteiger partial charge in [0.25, 0.3) is 0 Å². The summed E-state index contributed by atoms with van der Waals surface area (Å²) in [6.07, 6.45) is 2.78. The molecule has 1 unspecified atom stereocenters. The fraction of sp³-hybridized carbons (Fsp3) is 0.231. The first-order chi connectivity index (χ1) is 16.0. The molecule has 0 fully saturated rings. The van der Waals surface area contributed by atoms with E-state index in [2.05, 4.69) is 9.71 Å². The number of para-hydroxylation sites is 2. The Morgan fingerprint density at radius 2 is 1.67 bits per heavy atom. The van der Waals surface area contributed by atoms with Gasteiger partial charge in [-0.15, -0.1) is 0 Å². The molecule has 1 heterocycles. The van der Waals surface area contributed by atoms with E-state index in [0.717, 1.165) is 34.0 Å². The van der Waals surface area contributed by atoms with Crippen molar-refractivity contribution in [2.75, 3.05) is 20.8 Å². The number of nitrogens with one attached hydrogen (secondary N) is 2. The summed E-state index contributed by atoms with van der Waals surface area (Å²) >= 11 is 0. The number of sulfonamides is 1. The van der Waals surface area contributed by atoms with Gasteiger partial charge in [-0.3, -0.25) is 0 Å².